The van der Waals surface area contributed by atoms with Crippen molar-refractivity contribution in [3.8, 4) is 0 Å². The standard InChI is InChI=1S/C20H25NO3S/c1-3-17(18-7-5-4-6-8-18)15-21-20(22)13-14-25(23,24)19-11-9-16(2)10-12-19/h4-12,17H,3,13-15H2,1-2H3,(H,21,22). The molecule has 2 rings (SSSR count). The predicted molar refractivity (Wildman–Crippen MR) is 100 cm³/mol. The number of hydrogen-bond acceptors (Lipinski definition) is 3. The van der Waals surface area contributed by atoms with E-state index in [1.54, 1.807) is 24.3 Å². The lowest BCUT2D eigenvalue weighted by molar-refractivity contribution is -0.120. The van der Waals surface area contributed by atoms with Crippen molar-refractivity contribution in [3.05, 3.63) is 65.7 Å². The third-order valence-corrected chi connectivity index (χ3v) is 6.02. The van der Waals surface area contributed by atoms with Crippen LogP contribution in [0.1, 0.15) is 36.8 Å². The average molecular weight is 359 g/mol. The Balaban J connectivity index is 1.86. The van der Waals surface area contributed by atoms with Crippen LogP contribution in [0.5, 0.6) is 0 Å². The number of rotatable bonds is 8. The Kier molecular flexibility index (Phi) is 6.76. The van der Waals surface area contributed by atoms with E-state index in [4.69, 9.17) is 0 Å². The SMILES string of the molecule is CCC(CNC(=O)CCS(=O)(=O)c1ccc(C)cc1)c1ccccc1. The Morgan fingerprint density at radius 2 is 1.68 bits per heavy atom. The van der Waals surface area contributed by atoms with Crippen molar-refractivity contribution in [1.29, 1.82) is 0 Å². The van der Waals surface area contributed by atoms with Gasteiger partial charge in [-0.2, -0.15) is 0 Å². The van der Waals surface area contributed by atoms with Crippen LogP contribution >= 0.6 is 0 Å². The number of hydrogen-bond donors (Lipinski definition) is 1. The van der Waals surface area contributed by atoms with Crippen LogP contribution in [0.25, 0.3) is 0 Å². The molecule has 5 heteroatoms. The van der Waals surface area contributed by atoms with Crippen LogP contribution in [0, 0.1) is 6.92 Å². The third-order valence-electron chi connectivity index (χ3n) is 4.29. The first-order valence-electron chi connectivity index (χ1n) is 8.53. The summed E-state index contributed by atoms with van der Waals surface area (Å²) in [6.07, 6.45) is 0.882. The molecular formula is C20H25NO3S. The molecule has 0 spiro atoms. The first-order chi connectivity index (χ1) is 11.9. The van der Waals surface area contributed by atoms with Gasteiger partial charge in [0, 0.05) is 18.9 Å². The molecule has 0 aliphatic rings. The molecule has 0 radical (unpaired) electrons. The van der Waals surface area contributed by atoms with Crippen LogP contribution in [0.3, 0.4) is 0 Å². The van der Waals surface area contributed by atoms with E-state index in [1.165, 1.54) is 5.56 Å². The zero-order valence-corrected chi connectivity index (χ0v) is 15.6. The van der Waals surface area contributed by atoms with Gasteiger partial charge in [-0.25, -0.2) is 8.42 Å². The average Bonchev–Trinajstić information content (AvgIpc) is 2.62. The first kappa shape index (κ1) is 19.2. The minimum absolute atomic E-state index is 0.0264. The summed E-state index contributed by atoms with van der Waals surface area (Å²) >= 11 is 0. The molecule has 1 atom stereocenters. The number of benzene rings is 2. The highest BCUT2D eigenvalue weighted by Gasteiger charge is 2.17. The van der Waals surface area contributed by atoms with Crippen LogP contribution < -0.4 is 5.32 Å². The number of carbonyl (C=O) groups excluding carboxylic acids is 1. The molecular weight excluding hydrogens is 334 g/mol. The second-order valence-corrected chi connectivity index (χ2v) is 8.31. The topological polar surface area (TPSA) is 63.2 Å². The Bertz CT molecular complexity index is 783. The van der Waals surface area contributed by atoms with Gasteiger partial charge in [-0.1, -0.05) is 55.0 Å². The first-order valence-corrected chi connectivity index (χ1v) is 10.2. The summed E-state index contributed by atoms with van der Waals surface area (Å²) in [5.74, 6) is -0.173. The molecule has 25 heavy (non-hydrogen) atoms. The van der Waals surface area contributed by atoms with Crippen molar-refractivity contribution < 1.29 is 13.2 Å². The van der Waals surface area contributed by atoms with Gasteiger partial charge in [0.05, 0.1) is 10.6 Å². The fraction of sp³-hybridized carbons (Fsp3) is 0.350. The van der Waals surface area contributed by atoms with Crippen molar-refractivity contribution in [2.24, 2.45) is 0 Å². The predicted octanol–water partition coefficient (Wildman–Crippen LogP) is 3.47. The molecule has 0 saturated heterocycles. The maximum atomic E-state index is 12.3. The Morgan fingerprint density at radius 1 is 1.04 bits per heavy atom. The summed E-state index contributed by atoms with van der Waals surface area (Å²) in [6, 6.07) is 16.7. The maximum Gasteiger partial charge on any atom is 0.221 e. The molecule has 0 bridgehead atoms. The number of sulfone groups is 1. The monoisotopic (exact) mass is 359 g/mol. The lowest BCUT2D eigenvalue weighted by Crippen LogP contribution is -2.29. The summed E-state index contributed by atoms with van der Waals surface area (Å²) in [6.45, 7) is 4.50. The minimum atomic E-state index is -3.43. The van der Waals surface area contributed by atoms with Crippen molar-refractivity contribution in [1.82, 2.24) is 5.32 Å². The van der Waals surface area contributed by atoms with Crippen LogP contribution in [-0.4, -0.2) is 26.6 Å². The van der Waals surface area contributed by atoms with Gasteiger partial charge in [0.1, 0.15) is 0 Å². The molecule has 2 aromatic rings. The van der Waals surface area contributed by atoms with Gasteiger partial charge in [0.25, 0.3) is 0 Å². The van der Waals surface area contributed by atoms with Crippen LogP contribution in [0.4, 0.5) is 0 Å². The molecule has 134 valence electrons. The second kappa shape index (κ2) is 8.81. The molecule has 1 N–H and O–H groups in total. The van der Waals surface area contributed by atoms with Gasteiger partial charge < -0.3 is 5.32 Å². The van der Waals surface area contributed by atoms with E-state index in [-0.39, 0.29) is 28.9 Å². The normalized spacial score (nSPS) is 12.6. The molecule has 0 aliphatic heterocycles. The van der Waals surface area contributed by atoms with E-state index in [2.05, 4.69) is 12.2 Å². The molecule has 0 fully saturated rings. The van der Waals surface area contributed by atoms with Gasteiger partial charge in [0.2, 0.25) is 5.91 Å². The fourth-order valence-electron chi connectivity index (χ4n) is 2.64. The van der Waals surface area contributed by atoms with Crippen LogP contribution in [0.2, 0.25) is 0 Å². The van der Waals surface area contributed by atoms with Gasteiger partial charge in [0.15, 0.2) is 9.84 Å². The zero-order valence-electron chi connectivity index (χ0n) is 14.7. The van der Waals surface area contributed by atoms with E-state index in [1.807, 2.05) is 37.3 Å². The third kappa shape index (κ3) is 5.71. The molecule has 0 saturated carbocycles. The minimum Gasteiger partial charge on any atom is -0.355 e. The molecule has 2 aromatic carbocycles. The van der Waals surface area contributed by atoms with Crippen molar-refractivity contribution in [2.75, 3.05) is 12.3 Å². The van der Waals surface area contributed by atoms with E-state index in [9.17, 15) is 13.2 Å². The smallest absolute Gasteiger partial charge is 0.221 e. The molecule has 0 aliphatic carbocycles. The highest BCUT2D eigenvalue weighted by atomic mass is 32.2. The maximum absolute atomic E-state index is 12.3. The second-order valence-electron chi connectivity index (χ2n) is 6.20. The molecule has 1 amide bonds. The summed E-state index contributed by atoms with van der Waals surface area (Å²) < 4.78 is 24.6. The van der Waals surface area contributed by atoms with Crippen LogP contribution in [-0.2, 0) is 14.6 Å². The van der Waals surface area contributed by atoms with Gasteiger partial charge in [-0.05, 0) is 31.0 Å². The summed E-state index contributed by atoms with van der Waals surface area (Å²) in [7, 11) is -3.43. The van der Waals surface area contributed by atoms with E-state index < -0.39 is 9.84 Å². The summed E-state index contributed by atoms with van der Waals surface area (Å²) in [5.41, 5.74) is 2.18. The van der Waals surface area contributed by atoms with Gasteiger partial charge >= 0.3 is 0 Å². The molecule has 4 nitrogen and oxygen atoms in total. The van der Waals surface area contributed by atoms with Crippen molar-refractivity contribution in [2.45, 2.75) is 37.5 Å². The van der Waals surface area contributed by atoms with Crippen molar-refractivity contribution in [3.63, 3.8) is 0 Å². The van der Waals surface area contributed by atoms with Crippen molar-refractivity contribution >= 4 is 15.7 Å². The molecule has 1 unspecified atom stereocenters. The number of aryl methyl sites for hydroxylation is 1. The number of nitrogens with one attached hydrogen (secondary N) is 1. The fourth-order valence-corrected chi connectivity index (χ4v) is 3.88. The van der Waals surface area contributed by atoms with Gasteiger partial charge in [-0.3, -0.25) is 4.79 Å². The lowest BCUT2D eigenvalue weighted by Gasteiger charge is -2.16. The molecule has 0 aromatic heterocycles. The van der Waals surface area contributed by atoms with E-state index in [0.717, 1.165) is 12.0 Å². The highest BCUT2D eigenvalue weighted by molar-refractivity contribution is 7.91. The Hall–Kier alpha value is -2.14. The van der Waals surface area contributed by atoms with E-state index in [0.29, 0.717) is 6.54 Å². The zero-order chi connectivity index (χ0) is 18.3. The summed E-state index contributed by atoms with van der Waals surface area (Å²) in [5, 5.41) is 2.86. The number of carbonyl (C=O) groups is 1. The Labute approximate surface area is 150 Å². The largest absolute Gasteiger partial charge is 0.355 e. The lowest BCUT2D eigenvalue weighted by atomic mass is 9.96. The van der Waals surface area contributed by atoms with E-state index >= 15 is 0 Å². The van der Waals surface area contributed by atoms with Crippen LogP contribution in [0.15, 0.2) is 59.5 Å². The number of amides is 1. The Morgan fingerprint density at radius 3 is 2.28 bits per heavy atom. The quantitative estimate of drug-likeness (QED) is 0.785. The highest BCUT2D eigenvalue weighted by Crippen LogP contribution is 2.18. The molecule has 0 heterocycles. The van der Waals surface area contributed by atoms with Gasteiger partial charge in [-0.15, -0.1) is 0 Å². The summed E-state index contributed by atoms with van der Waals surface area (Å²) in [4.78, 5) is 12.3.